The molecule has 0 aromatic heterocycles. The molecule has 2 N–H and O–H groups in total. The van der Waals surface area contributed by atoms with Gasteiger partial charge < -0.3 is 10.4 Å². The average Bonchev–Trinajstić information content (AvgIpc) is 2.15. The maximum Gasteiger partial charge on any atom is 0.115 e. The van der Waals surface area contributed by atoms with E-state index in [1.165, 1.54) is 18.4 Å². The Kier molecular flexibility index (Phi) is 4.33. The van der Waals surface area contributed by atoms with Gasteiger partial charge in [0.25, 0.3) is 0 Å². The largest absolute Gasteiger partial charge is 0.508 e. The first-order chi connectivity index (χ1) is 6.33. The molecule has 0 radical (unpaired) electrons. The summed E-state index contributed by atoms with van der Waals surface area (Å²) >= 11 is 0. The summed E-state index contributed by atoms with van der Waals surface area (Å²) in [4.78, 5) is 0. The summed E-state index contributed by atoms with van der Waals surface area (Å²) in [7, 11) is 1.97. The van der Waals surface area contributed by atoms with Crippen LogP contribution in [0.5, 0.6) is 5.75 Å². The van der Waals surface area contributed by atoms with E-state index in [9.17, 15) is 0 Å². The van der Waals surface area contributed by atoms with Gasteiger partial charge in [0.05, 0.1) is 0 Å². The maximum absolute atomic E-state index is 9.06. The molecule has 0 aliphatic heterocycles. The molecule has 2 heteroatoms. The molecule has 0 heterocycles. The predicted octanol–water partition coefficient (Wildman–Crippen LogP) is 1.93. The fourth-order valence-corrected chi connectivity index (χ4v) is 1.29. The Hall–Kier alpha value is -1.02. The van der Waals surface area contributed by atoms with E-state index in [2.05, 4.69) is 5.32 Å². The zero-order valence-electron chi connectivity index (χ0n) is 8.09. The fourth-order valence-electron chi connectivity index (χ4n) is 1.29. The van der Waals surface area contributed by atoms with E-state index < -0.39 is 0 Å². The number of unbranched alkanes of at least 4 members (excludes halogenated alkanes) is 1. The molecule has 0 fully saturated rings. The summed E-state index contributed by atoms with van der Waals surface area (Å²) in [5.41, 5.74) is 1.30. The van der Waals surface area contributed by atoms with Crippen LogP contribution < -0.4 is 5.32 Å². The quantitative estimate of drug-likeness (QED) is 0.677. The van der Waals surface area contributed by atoms with E-state index in [1.54, 1.807) is 12.1 Å². The van der Waals surface area contributed by atoms with E-state index in [0.29, 0.717) is 5.75 Å². The summed E-state index contributed by atoms with van der Waals surface area (Å²) in [6, 6.07) is 7.45. The highest BCUT2D eigenvalue weighted by Gasteiger charge is 1.93. The Morgan fingerprint density at radius 1 is 1.15 bits per heavy atom. The summed E-state index contributed by atoms with van der Waals surface area (Å²) in [5, 5.41) is 12.2. The van der Waals surface area contributed by atoms with Crippen molar-refractivity contribution < 1.29 is 5.11 Å². The third-order valence-electron chi connectivity index (χ3n) is 2.08. The van der Waals surface area contributed by atoms with Crippen molar-refractivity contribution in [3.05, 3.63) is 29.8 Å². The normalized spacial score (nSPS) is 10.2. The summed E-state index contributed by atoms with van der Waals surface area (Å²) in [6.45, 7) is 1.08. The van der Waals surface area contributed by atoms with Crippen molar-refractivity contribution in [2.45, 2.75) is 19.3 Å². The lowest BCUT2D eigenvalue weighted by atomic mass is 10.1. The maximum atomic E-state index is 9.06. The zero-order valence-corrected chi connectivity index (χ0v) is 8.09. The van der Waals surface area contributed by atoms with Crippen molar-refractivity contribution in [1.29, 1.82) is 0 Å². The summed E-state index contributed by atoms with van der Waals surface area (Å²) in [5.74, 6) is 0.346. The minimum atomic E-state index is 0.346. The van der Waals surface area contributed by atoms with Crippen LogP contribution >= 0.6 is 0 Å². The van der Waals surface area contributed by atoms with Gasteiger partial charge in [0.2, 0.25) is 0 Å². The Balaban J connectivity index is 2.25. The van der Waals surface area contributed by atoms with Gasteiger partial charge in [-0.15, -0.1) is 0 Å². The summed E-state index contributed by atoms with van der Waals surface area (Å²) in [6.07, 6.45) is 3.50. The number of aryl methyl sites for hydroxylation is 1. The van der Waals surface area contributed by atoms with Gasteiger partial charge in [-0.05, 0) is 50.6 Å². The van der Waals surface area contributed by atoms with Crippen LogP contribution in [0.4, 0.5) is 0 Å². The third-order valence-corrected chi connectivity index (χ3v) is 2.08. The lowest BCUT2D eigenvalue weighted by Gasteiger charge is -2.01. The van der Waals surface area contributed by atoms with Crippen LogP contribution in [-0.2, 0) is 6.42 Å². The molecule has 13 heavy (non-hydrogen) atoms. The molecule has 1 aromatic rings. The topological polar surface area (TPSA) is 32.3 Å². The smallest absolute Gasteiger partial charge is 0.115 e. The lowest BCUT2D eigenvalue weighted by molar-refractivity contribution is 0.475. The van der Waals surface area contributed by atoms with Crippen LogP contribution in [0.15, 0.2) is 24.3 Å². The molecule has 0 atom stereocenters. The van der Waals surface area contributed by atoms with Crippen LogP contribution in [-0.4, -0.2) is 18.7 Å². The highest BCUT2D eigenvalue weighted by molar-refractivity contribution is 5.25. The molecular weight excluding hydrogens is 162 g/mol. The Labute approximate surface area is 79.6 Å². The minimum absolute atomic E-state index is 0.346. The van der Waals surface area contributed by atoms with Gasteiger partial charge in [-0.3, -0.25) is 0 Å². The molecule has 1 aromatic carbocycles. The van der Waals surface area contributed by atoms with Crippen molar-refractivity contribution >= 4 is 0 Å². The number of benzene rings is 1. The first kappa shape index (κ1) is 10.1. The second-order valence-electron chi connectivity index (χ2n) is 3.23. The van der Waals surface area contributed by atoms with E-state index in [4.69, 9.17) is 5.11 Å². The number of hydrogen-bond donors (Lipinski definition) is 2. The molecule has 0 saturated heterocycles. The van der Waals surface area contributed by atoms with Gasteiger partial charge in [-0.1, -0.05) is 12.1 Å². The standard InChI is InChI=1S/C11H17NO/c1-12-9-3-2-4-10-5-7-11(13)8-6-10/h5-8,12-13H,2-4,9H2,1H3. The van der Waals surface area contributed by atoms with E-state index in [1.807, 2.05) is 19.2 Å². The van der Waals surface area contributed by atoms with Crippen molar-refractivity contribution in [2.75, 3.05) is 13.6 Å². The molecule has 0 aliphatic carbocycles. The predicted molar refractivity (Wildman–Crippen MR) is 55.0 cm³/mol. The number of hydrogen-bond acceptors (Lipinski definition) is 2. The lowest BCUT2D eigenvalue weighted by Crippen LogP contribution is -2.07. The van der Waals surface area contributed by atoms with Crippen molar-refractivity contribution in [2.24, 2.45) is 0 Å². The molecule has 0 spiro atoms. The molecule has 72 valence electrons. The first-order valence-electron chi connectivity index (χ1n) is 4.75. The fraction of sp³-hybridized carbons (Fsp3) is 0.455. The number of aromatic hydroxyl groups is 1. The van der Waals surface area contributed by atoms with E-state index in [0.717, 1.165) is 13.0 Å². The van der Waals surface area contributed by atoms with Gasteiger partial charge >= 0.3 is 0 Å². The molecule has 0 saturated carbocycles. The number of phenolic OH excluding ortho intramolecular Hbond substituents is 1. The third kappa shape index (κ3) is 3.95. The molecular formula is C11H17NO. The number of nitrogens with one attached hydrogen (secondary N) is 1. The monoisotopic (exact) mass is 179 g/mol. The molecule has 1 rings (SSSR count). The molecule has 0 aliphatic rings. The molecule has 0 amide bonds. The van der Waals surface area contributed by atoms with Crippen LogP contribution in [0.3, 0.4) is 0 Å². The SMILES string of the molecule is CNCCCCc1ccc(O)cc1. The molecule has 0 bridgehead atoms. The Morgan fingerprint density at radius 2 is 1.85 bits per heavy atom. The number of rotatable bonds is 5. The highest BCUT2D eigenvalue weighted by Crippen LogP contribution is 2.11. The second kappa shape index (κ2) is 5.60. The Bertz CT molecular complexity index is 230. The van der Waals surface area contributed by atoms with Gasteiger partial charge in [0, 0.05) is 0 Å². The molecule has 0 unspecified atom stereocenters. The van der Waals surface area contributed by atoms with Crippen LogP contribution in [0, 0.1) is 0 Å². The van der Waals surface area contributed by atoms with Gasteiger partial charge in [0.15, 0.2) is 0 Å². The van der Waals surface area contributed by atoms with Gasteiger partial charge in [-0.25, -0.2) is 0 Å². The Morgan fingerprint density at radius 3 is 2.46 bits per heavy atom. The van der Waals surface area contributed by atoms with E-state index in [-0.39, 0.29) is 0 Å². The van der Waals surface area contributed by atoms with Gasteiger partial charge in [0.1, 0.15) is 5.75 Å². The summed E-state index contributed by atoms with van der Waals surface area (Å²) < 4.78 is 0. The van der Waals surface area contributed by atoms with E-state index >= 15 is 0 Å². The van der Waals surface area contributed by atoms with Crippen LogP contribution in [0.2, 0.25) is 0 Å². The highest BCUT2D eigenvalue weighted by atomic mass is 16.3. The van der Waals surface area contributed by atoms with Crippen LogP contribution in [0.25, 0.3) is 0 Å². The molecule has 2 nitrogen and oxygen atoms in total. The van der Waals surface area contributed by atoms with Crippen LogP contribution in [0.1, 0.15) is 18.4 Å². The van der Waals surface area contributed by atoms with Crippen molar-refractivity contribution in [1.82, 2.24) is 5.32 Å². The zero-order chi connectivity index (χ0) is 9.52. The average molecular weight is 179 g/mol. The minimum Gasteiger partial charge on any atom is -0.508 e. The van der Waals surface area contributed by atoms with Crippen molar-refractivity contribution in [3.63, 3.8) is 0 Å². The first-order valence-corrected chi connectivity index (χ1v) is 4.75. The number of phenols is 1. The van der Waals surface area contributed by atoms with Gasteiger partial charge in [-0.2, -0.15) is 0 Å². The van der Waals surface area contributed by atoms with Crippen molar-refractivity contribution in [3.8, 4) is 5.75 Å². The second-order valence-corrected chi connectivity index (χ2v) is 3.23.